The van der Waals surface area contributed by atoms with Gasteiger partial charge in [0.05, 0.1) is 7.11 Å². The summed E-state index contributed by atoms with van der Waals surface area (Å²) in [5.74, 6) is 1.60. The van der Waals surface area contributed by atoms with Crippen LogP contribution in [0.2, 0.25) is 0 Å². The Hall–Kier alpha value is -2.67. The first-order valence-electron chi connectivity index (χ1n) is 7.66. The topological polar surface area (TPSA) is 85.4 Å². The van der Waals surface area contributed by atoms with E-state index in [-0.39, 0.29) is 5.91 Å². The van der Waals surface area contributed by atoms with Crippen LogP contribution in [0, 0.1) is 6.92 Å². The van der Waals surface area contributed by atoms with Gasteiger partial charge >= 0.3 is 0 Å². The number of ether oxygens (including phenoxy) is 2. The van der Waals surface area contributed by atoms with Gasteiger partial charge in [0, 0.05) is 32.0 Å². The fourth-order valence-electron chi connectivity index (χ4n) is 2.08. The zero-order chi connectivity index (χ0) is 17.4. The van der Waals surface area contributed by atoms with Crippen molar-refractivity contribution in [2.45, 2.75) is 13.3 Å². The highest BCUT2D eigenvalue weighted by Crippen LogP contribution is 2.16. The molecule has 0 saturated carbocycles. The van der Waals surface area contributed by atoms with Crippen LogP contribution in [0.15, 0.2) is 30.3 Å². The Balaban J connectivity index is 2.03. The average molecular weight is 330 g/mol. The minimum atomic E-state index is -0.286. The first-order chi connectivity index (χ1) is 11.6. The van der Waals surface area contributed by atoms with Crippen LogP contribution >= 0.6 is 0 Å². The van der Waals surface area contributed by atoms with Crippen LogP contribution in [-0.2, 0) is 4.74 Å². The summed E-state index contributed by atoms with van der Waals surface area (Å²) in [7, 11) is 3.26. The van der Waals surface area contributed by atoms with Gasteiger partial charge in [-0.3, -0.25) is 4.79 Å². The maximum absolute atomic E-state index is 12.4. The number of methoxy groups -OCH3 is 2. The molecule has 0 aliphatic rings. The molecule has 0 spiro atoms. The first kappa shape index (κ1) is 17.7. The summed E-state index contributed by atoms with van der Waals surface area (Å²) in [6.45, 7) is 3.14. The van der Waals surface area contributed by atoms with Gasteiger partial charge in [-0.1, -0.05) is 0 Å². The Labute approximate surface area is 141 Å². The van der Waals surface area contributed by atoms with Crippen LogP contribution in [0.1, 0.15) is 22.7 Å². The van der Waals surface area contributed by atoms with Crippen LogP contribution < -0.4 is 15.4 Å². The molecular weight excluding hydrogens is 308 g/mol. The van der Waals surface area contributed by atoms with Gasteiger partial charge in [-0.05, 0) is 37.6 Å². The number of rotatable bonds is 8. The van der Waals surface area contributed by atoms with Crippen molar-refractivity contribution >= 4 is 17.4 Å². The molecule has 1 aromatic carbocycles. The van der Waals surface area contributed by atoms with E-state index in [1.165, 1.54) is 0 Å². The van der Waals surface area contributed by atoms with Crippen LogP contribution in [0.5, 0.6) is 5.75 Å². The summed E-state index contributed by atoms with van der Waals surface area (Å²) in [4.78, 5) is 20.8. The summed E-state index contributed by atoms with van der Waals surface area (Å²) >= 11 is 0. The second kappa shape index (κ2) is 8.83. The van der Waals surface area contributed by atoms with E-state index in [9.17, 15) is 4.79 Å². The predicted molar refractivity (Wildman–Crippen MR) is 92.7 cm³/mol. The van der Waals surface area contributed by atoms with Crippen molar-refractivity contribution in [3.8, 4) is 5.75 Å². The molecule has 0 unspecified atom stereocenters. The van der Waals surface area contributed by atoms with Crippen molar-refractivity contribution in [1.29, 1.82) is 0 Å². The molecule has 0 aliphatic carbocycles. The Morgan fingerprint density at radius 2 is 1.92 bits per heavy atom. The van der Waals surface area contributed by atoms with Gasteiger partial charge in [0.1, 0.15) is 23.1 Å². The second-order valence-corrected chi connectivity index (χ2v) is 5.14. The lowest BCUT2D eigenvalue weighted by atomic mass is 10.3. The molecule has 2 N–H and O–H groups in total. The molecular formula is C17H22N4O3. The van der Waals surface area contributed by atoms with E-state index in [4.69, 9.17) is 9.47 Å². The second-order valence-electron chi connectivity index (χ2n) is 5.14. The molecule has 1 amide bonds. The largest absolute Gasteiger partial charge is 0.497 e. The number of nitrogens with one attached hydrogen (secondary N) is 2. The zero-order valence-electron chi connectivity index (χ0n) is 14.1. The number of aryl methyl sites for hydroxylation is 1. The van der Waals surface area contributed by atoms with Crippen LogP contribution in [0.25, 0.3) is 0 Å². The average Bonchev–Trinajstić information content (AvgIpc) is 2.59. The number of carbonyl (C=O) groups excluding carboxylic acids is 1. The van der Waals surface area contributed by atoms with Gasteiger partial charge in [0.15, 0.2) is 0 Å². The maximum Gasteiger partial charge on any atom is 0.274 e. The number of aromatic nitrogens is 2. The van der Waals surface area contributed by atoms with Crippen molar-refractivity contribution in [1.82, 2.24) is 9.97 Å². The standard InChI is InChI=1S/C17H22N4O3/c1-12-19-15(11-16(20-12)18-9-4-10-23-2)17(22)21-13-5-7-14(24-3)8-6-13/h5-8,11H,4,9-10H2,1-3H3,(H,21,22)(H,18,19,20). The number of amides is 1. The molecule has 128 valence electrons. The normalized spacial score (nSPS) is 10.3. The van der Waals surface area contributed by atoms with Crippen molar-refractivity contribution in [3.05, 3.63) is 41.9 Å². The maximum atomic E-state index is 12.4. The van der Waals surface area contributed by atoms with Crippen LogP contribution in [0.4, 0.5) is 11.5 Å². The molecule has 0 fully saturated rings. The number of hydrogen-bond acceptors (Lipinski definition) is 6. The van der Waals surface area contributed by atoms with Gasteiger partial charge in [0.25, 0.3) is 5.91 Å². The third kappa shape index (κ3) is 5.20. The smallest absolute Gasteiger partial charge is 0.274 e. The van der Waals surface area contributed by atoms with Gasteiger partial charge in [-0.15, -0.1) is 0 Å². The third-order valence-electron chi connectivity index (χ3n) is 3.25. The van der Waals surface area contributed by atoms with E-state index in [1.54, 1.807) is 51.5 Å². The van der Waals surface area contributed by atoms with Gasteiger partial charge in [-0.2, -0.15) is 0 Å². The van der Waals surface area contributed by atoms with Crippen LogP contribution in [-0.4, -0.2) is 43.2 Å². The lowest BCUT2D eigenvalue weighted by Crippen LogP contribution is -2.16. The minimum Gasteiger partial charge on any atom is -0.497 e. The molecule has 7 nitrogen and oxygen atoms in total. The van der Waals surface area contributed by atoms with Crippen LogP contribution in [0.3, 0.4) is 0 Å². The van der Waals surface area contributed by atoms with E-state index in [2.05, 4.69) is 20.6 Å². The zero-order valence-corrected chi connectivity index (χ0v) is 14.1. The predicted octanol–water partition coefficient (Wildman–Crippen LogP) is 2.49. The van der Waals surface area contributed by atoms with Crippen molar-refractivity contribution < 1.29 is 14.3 Å². The molecule has 7 heteroatoms. The molecule has 24 heavy (non-hydrogen) atoms. The summed E-state index contributed by atoms with van der Waals surface area (Å²) in [6.07, 6.45) is 0.854. The fourth-order valence-corrected chi connectivity index (χ4v) is 2.08. The number of anilines is 2. The summed E-state index contributed by atoms with van der Waals surface area (Å²) in [6, 6.07) is 8.75. The lowest BCUT2D eigenvalue weighted by molar-refractivity contribution is 0.102. The molecule has 0 bridgehead atoms. The summed E-state index contributed by atoms with van der Waals surface area (Å²) in [5.41, 5.74) is 0.985. The molecule has 1 heterocycles. The van der Waals surface area contributed by atoms with E-state index in [0.29, 0.717) is 36.2 Å². The Morgan fingerprint density at radius 3 is 2.58 bits per heavy atom. The lowest BCUT2D eigenvalue weighted by Gasteiger charge is -2.09. The van der Waals surface area contributed by atoms with Gasteiger partial charge < -0.3 is 20.1 Å². The van der Waals surface area contributed by atoms with Gasteiger partial charge in [0.2, 0.25) is 0 Å². The van der Waals surface area contributed by atoms with E-state index < -0.39 is 0 Å². The van der Waals surface area contributed by atoms with E-state index >= 15 is 0 Å². The minimum absolute atomic E-state index is 0.286. The number of carbonyl (C=O) groups is 1. The van der Waals surface area contributed by atoms with Gasteiger partial charge in [-0.25, -0.2) is 9.97 Å². The molecule has 0 saturated heterocycles. The van der Waals surface area contributed by atoms with Crippen molar-refractivity contribution in [3.63, 3.8) is 0 Å². The number of hydrogen-bond donors (Lipinski definition) is 2. The number of nitrogens with zero attached hydrogens (tertiary/aromatic N) is 2. The first-order valence-corrected chi connectivity index (χ1v) is 7.66. The highest BCUT2D eigenvalue weighted by molar-refractivity contribution is 6.03. The quantitative estimate of drug-likeness (QED) is 0.723. The molecule has 0 aliphatic heterocycles. The Morgan fingerprint density at radius 1 is 1.17 bits per heavy atom. The molecule has 0 radical (unpaired) electrons. The number of benzene rings is 1. The molecule has 2 aromatic rings. The monoisotopic (exact) mass is 330 g/mol. The SMILES string of the molecule is COCCCNc1cc(C(=O)Nc2ccc(OC)cc2)nc(C)n1. The molecule has 0 atom stereocenters. The van der Waals surface area contributed by atoms with Crippen molar-refractivity contribution in [2.75, 3.05) is 38.0 Å². The van der Waals surface area contributed by atoms with E-state index in [1.807, 2.05) is 0 Å². The molecule has 1 aromatic heterocycles. The van der Waals surface area contributed by atoms with E-state index in [0.717, 1.165) is 12.2 Å². The highest BCUT2D eigenvalue weighted by atomic mass is 16.5. The Kier molecular flexibility index (Phi) is 6.51. The third-order valence-corrected chi connectivity index (χ3v) is 3.25. The summed E-state index contributed by atoms with van der Waals surface area (Å²) in [5, 5.41) is 5.97. The molecule has 2 rings (SSSR count). The Bertz CT molecular complexity index is 674. The highest BCUT2D eigenvalue weighted by Gasteiger charge is 2.11. The van der Waals surface area contributed by atoms with Crippen molar-refractivity contribution in [2.24, 2.45) is 0 Å². The summed E-state index contributed by atoms with van der Waals surface area (Å²) < 4.78 is 10.1. The fraction of sp³-hybridized carbons (Fsp3) is 0.353.